The van der Waals surface area contributed by atoms with E-state index in [1.807, 2.05) is 18.5 Å². The Morgan fingerprint density at radius 1 is 0.861 bits per heavy atom. The van der Waals surface area contributed by atoms with Crippen molar-refractivity contribution in [3.8, 4) is 17.1 Å². The van der Waals surface area contributed by atoms with E-state index in [-0.39, 0.29) is 0 Å². The number of benzene rings is 3. The second-order valence-electron chi connectivity index (χ2n) is 9.93. The number of pyridine rings is 1. The van der Waals surface area contributed by atoms with Gasteiger partial charge in [0.15, 0.2) is 0 Å². The normalized spacial score (nSPS) is 15.0. The maximum absolute atomic E-state index is 5.29. The zero-order chi connectivity index (χ0) is 24.5. The summed E-state index contributed by atoms with van der Waals surface area (Å²) < 4.78 is 2.31. The van der Waals surface area contributed by atoms with E-state index in [1.54, 1.807) is 0 Å². The van der Waals surface area contributed by atoms with E-state index in [0.29, 0.717) is 6.04 Å². The lowest BCUT2D eigenvalue weighted by molar-refractivity contribution is 0.437. The Bertz CT molecular complexity index is 1560. The van der Waals surface area contributed by atoms with Crippen LogP contribution in [0.5, 0.6) is 0 Å². The molecule has 1 N–H and O–H groups in total. The molecule has 0 spiro atoms. The van der Waals surface area contributed by atoms with E-state index in [2.05, 4.69) is 89.4 Å². The highest BCUT2D eigenvalue weighted by molar-refractivity contribution is 5.84. The number of para-hydroxylation sites is 2. The van der Waals surface area contributed by atoms with Crippen LogP contribution in [-0.4, -0.2) is 20.6 Å². The minimum Gasteiger partial charge on any atom is -0.352 e. The molecule has 0 radical (unpaired) electrons. The van der Waals surface area contributed by atoms with Crippen molar-refractivity contribution in [2.75, 3.05) is 5.32 Å². The third-order valence-electron chi connectivity index (χ3n) is 7.04. The standard InChI is InChI=1S/C31H31N5/c1-21-12-14-25(15-13-21)36-30-11-7-6-10-26(30)35-29-17-27(34-24-16-22(2)19-32-20-24)28(18-31(29)36)33-23-8-4-3-5-9-23/h6-7,10-20,23,34H,3-5,8-9H2,1-2H3/b33-28+. The summed E-state index contributed by atoms with van der Waals surface area (Å²) in [5.41, 5.74) is 9.45. The Balaban J connectivity index is 1.62. The highest BCUT2D eigenvalue weighted by Crippen LogP contribution is 2.31. The highest BCUT2D eigenvalue weighted by Gasteiger charge is 2.18. The first-order valence-corrected chi connectivity index (χ1v) is 12.9. The minimum atomic E-state index is 0.355. The summed E-state index contributed by atoms with van der Waals surface area (Å²) in [6.45, 7) is 4.18. The number of anilines is 2. The van der Waals surface area contributed by atoms with Gasteiger partial charge < -0.3 is 9.88 Å². The molecule has 0 bridgehead atoms. The fourth-order valence-corrected chi connectivity index (χ4v) is 5.21. The summed E-state index contributed by atoms with van der Waals surface area (Å²) in [6, 6.07) is 23.9. The predicted molar refractivity (Wildman–Crippen MR) is 147 cm³/mol. The predicted octanol–water partition coefficient (Wildman–Crippen LogP) is 7.12. The SMILES string of the molecule is Cc1ccc(-n2c3c/c(=N\C4CCCCC4)c(Nc4cncc(C)c4)cc-3nc3ccccc32)cc1. The zero-order valence-electron chi connectivity index (χ0n) is 20.9. The van der Waals surface area contributed by atoms with E-state index in [4.69, 9.17) is 9.98 Å². The topological polar surface area (TPSA) is 55.1 Å². The Morgan fingerprint density at radius 2 is 1.67 bits per heavy atom. The third-order valence-corrected chi connectivity index (χ3v) is 7.04. The maximum atomic E-state index is 5.29. The molecule has 3 aromatic rings. The smallest absolute Gasteiger partial charge is 0.0900 e. The van der Waals surface area contributed by atoms with E-state index in [1.165, 1.54) is 24.8 Å². The molecular formula is C31H31N5. The van der Waals surface area contributed by atoms with Gasteiger partial charge in [-0.2, -0.15) is 0 Å². The van der Waals surface area contributed by atoms with Gasteiger partial charge in [0.25, 0.3) is 0 Å². The molecule has 1 aromatic heterocycles. The van der Waals surface area contributed by atoms with Crippen LogP contribution in [0.4, 0.5) is 11.4 Å². The zero-order valence-corrected chi connectivity index (χ0v) is 20.9. The molecule has 6 rings (SSSR count). The molecule has 0 atom stereocenters. The summed E-state index contributed by atoms with van der Waals surface area (Å²) >= 11 is 0. The van der Waals surface area contributed by atoms with Gasteiger partial charge in [-0.3, -0.25) is 9.98 Å². The average Bonchev–Trinajstić information content (AvgIpc) is 2.89. The van der Waals surface area contributed by atoms with Gasteiger partial charge in [0.1, 0.15) is 0 Å². The number of hydrogen-bond donors (Lipinski definition) is 1. The summed E-state index contributed by atoms with van der Waals surface area (Å²) in [6.07, 6.45) is 9.85. The van der Waals surface area contributed by atoms with Gasteiger partial charge in [-0.1, -0.05) is 49.1 Å². The van der Waals surface area contributed by atoms with Gasteiger partial charge >= 0.3 is 0 Å². The number of hydrogen-bond acceptors (Lipinski definition) is 4. The van der Waals surface area contributed by atoms with Crippen molar-refractivity contribution in [3.05, 3.63) is 95.6 Å². The van der Waals surface area contributed by atoms with Crippen molar-refractivity contribution >= 4 is 22.4 Å². The van der Waals surface area contributed by atoms with E-state index in [9.17, 15) is 0 Å². The number of aryl methyl sites for hydroxylation is 2. The molecule has 36 heavy (non-hydrogen) atoms. The summed E-state index contributed by atoms with van der Waals surface area (Å²) in [7, 11) is 0. The number of nitrogens with one attached hydrogen (secondary N) is 1. The van der Waals surface area contributed by atoms with Crippen LogP contribution in [0.15, 0.2) is 84.1 Å². The van der Waals surface area contributed by atoms with Gasteiger partial charge in [-0.05, 0) is 74.7 Å². The molecule has 1 saturated carbocycles. The lowest BCUT2D eigenvalue weighted by Crippen LogP contribution is -2.19. The van der Waals surface area contributed by atoms with Crippen LogP contribution in [-0.2, 0) is 0 Å². The number of nitrogens with zero attached hydrogens (tertiary/aromatic N) is 4. The molecule has 5 heteroatoms. The molecule has 5 nitrogen and oxygen atoms in total. The molecule has 3 aliphatic rings. The van der Waals surface area contributed by atoms with E-state index in [0.717, 1.165) is 63.2 Å². The monoisotopic (exact) mass is 473 g/mol. The van der Waals surface area contributed by atoms with Crippen LogP contribution in [0.1, 0.15) is 43.2 Å². The molecule has 1 aliphatic heterocycles. The van der Waals surface area contributed by atoms with Crippen molar-refractivity contribution in [3.63, 3.8) is 0 Å². The Morgan fingerprint density at radius 3 is 2.47 bits per heavy atom. The first-order valence-electron chi connectivity index (χ1n) is 12.9. The molecule has 2 aliphatic carbocycles. The van der Waals surface area contributed by atoms with Crippen molar-refractivity contribution < 1.29 is 0 Å². The lowest BCUT2D eigenvalue weighted by atomic mass is 9.96. The highest BCUT2D eigenvalue weighted by atomic mass is 15.0. The van der Waals surface area contributed by atoms with Gasteiger partial charge in [0.2, 0.25) is 0 Å². The van der Waals surface area contributed by atoms with Crippen molar-refractivity contribution in [2.24, 2.45) is 4.99 Å². The van der Waals surface area contributed by atoms with Gasteiger partial charge in [0.05, 0.1) is 51.4 Å². The quantitative estimate of drug-likeness (QED) is 0.283. The average molecular weight is 474 g/mol. The van der Waals surface area contributed by atoms with E-state index < -0.39 is 0 Å². The number of fused-ring (bicyclic) bond motifs is 2. The molecule has 0 saturated heterocycles. The van der Waals surface area contributed by atoms with Crippen LogP contribution in [0.3, 0.4) is 0 Å². The number of rotatable bonds is 4. The molecule has 1 fully saturated rings. The van der Waals surface area contributed by atoms with E-state index >= 15 is 0 Å². The van der Waals surface area contributed by atoms with Crippen LogP contribution in [0.2, 0.25) is 0 Å². The van der Waals surface area contributed by atoms with Gasteiger partial charge in [0, 0.05) is 11.9 Å². The molecular weight excluding hydrogens is 442 g/mol. The second kappa shape index (κ2) is 9.57. The molecule has 0 amide bonds. The molecule has 2 heterocycles. The second-order valence-corrected chi connectivity index (χ2v) is 9.93. The fraction of sp³-hybridized carbons (Fsp3) is 0.258. The van der Waals surface area contributed by atoms with Crippen LogP contribution in [0.25, 0.3) is 28.1 Å². The summed E-state index contributed by atoms with van der Waals surface area (Å²) in [4.78, 5) is 14.7. The minimum absolute atomic E-state index is 0.355. The van der Waals surface area contributed by atoms with Gasteiger partial charge in [-0.15, -0.1) is 0 Å². The van der Waals surface area contributed by atoms with Crippen LogP contribution in [0, 0.1) is 13.8 Å². The van der Waals surface area contributed by atoms with Crippen LogP contribution >= 0.6 is 0 Å². The Kier molecular flexibility index (Phi) is 5.98. The molecule has 2 aromatic carbocycles. The molecule has 180 valence electrons. The molecule has 0 unspecified atom stereocenters. The summed E-state index contributed by atoms with van der Waals surface area (Å²) in [5, 5.41) is 4.58. The first kappa shape index (κ1) is 22.5. The first-order chi connectivity index (χ1) is 17.6. The fourth-order valence-electron chi connectivity index (χ4n) is 5.21. The van der Waals surface area contributed by atoms with Crippen molar-refractivity contribution in [1.82, 2.24) is 14.5 Å². The lowest BCUT2D eigenvalue weighted by Gasteiger charge is -2.22. The Hall–Kier alpha value is -3.99. The third kappa shape index (κ3) is 4.49. The van der Waals surface area contributed by atoms with Crippen LogP contribution < -0.4 is 10.7 Å². The van der Waals surface area contributed by atoms with Gasteiger partial charge in [-0.25, -0.2) is 4.98 Å². The Labute approximate surface area is 211 Å². The number of aromatic nitrogens is 3. The maximum Gasteiger partial charge on any atom is 0.0900 e. The van der Waals surface area contributed by atoms with Crippen molar-refractivity contribution in [1.29, 1.82) is 0 Å². The largest absolute Gasteiger partial charge is 0.352 e. The van der Waals surface area contributed by atoms with Crippen molar-refractivity contribution in [2.45, 2.75) is 52.0 Å². The summed E-state index contributed by atoms with van der Waals surface area (Å²) in [5.74, 6) is 0.